The van der Waals surface area contributed by atoms with Crippen LogP contribution < -0.4 is 4.74 Å². The van der Waals surface area contributed by atoms with Gasteiger partial charge >= 0.3 is 6.18 Å². The van der Waals surface area contributed by atoms with Crippen LogP contribution in [0.5, 0.6) is 5.75 Å². The number of hydrogen-bond acceptors (Lipinski definition) is 3. The minimum atomic E-state index is -4.21. The fourth-order valence-corrected chi connectivity index (χ4v) is 1.59. The van der Waals surface area contributed by atoms with Gasteiger partial charge in [-0.3, -0.25) is 10.1 Å². The van der Waals surface area contributed by atoms with Gasteiger partial charge in [0, 0.05) is 24.1 Å². The van der Waals surface area contributed by atoms with E-state index >= 15 is 0 Å². The summed E-state index contributed by atoms with van der Waals surface area (Å²) in [4.78, 5) is 9.97. The second-order valence-electron chi connectivity index (χ2n) is 3.75. The highest BCUT2D eigenvalue weighted by Crippen LogP contribution is 2.26. The summed E-state index contributed by atoms with van der Waals surface area (Å²) in [7, 11) is 0. The molecule has 0 aliphatic rings. The molecule has 0 N–H and O–H groups in total. The van der Waals surface area contributed by atoms with Crippen molar-refractivity contribution in [2.24, 2.45) is 0 Å². The molecule has 0 saturated heterocycles. The normalized spacial score (nSPS) is 11.4. The Hall–Kier alpha value is -1.50. The van der Waals surface area contributed by atoms with Gasteiger partial charge in [-0.25, -0.2) is 0 Å². The van der Waals surface area contributed by atoms with Crippen molar-refractivity contribution < 1.29 is 22.8 Å². The van der Waals surface area contributed by atoms with E-state index in [0.717, 1.165) is 0 Å². The molecule has 1 aromatic rings. The van der Waals surface area contributed by atoms with E-state index in [1.54, 1.807) is 0 Å². The van der Waals surface area contributed by atoms with Crippen molar-refractivity contribution in [3.8, 4) is 5.75 Å². The lowest BCUT2D eigenvalue weighted by Gasteiger charge is -2.10. The van der Waals surface area contributed by atoms with Gasteiger partial charge in [-0.15, -0.1) is 11.6 Å². The lowest BCUT2D eigenvalue weighted by atomic mass is 10.2. The summed E-state index contributed by atoms with van der Waals surface area (Å²) in [5, 5.41) is 10.5. The quantitative estimate of drug-likeness (QED) is 0.344. The van der Waals surface area contributed by atoms with Crippen LogP contribution >= 0.6 is 11.6 Å². The summed E-state index contributed by atoms with van der Waals surface area (Å²) in [5.74, 6) is 0.249. The summed E-state index contributed by atoms with van der Waals surface area (Å²) in [6.07, 6.45) is -5.33. The number of nitro groups is 1. The number of non-ortho nitro benzene ring substituents is 1. The predicted octanol–water partition coefficient (Wildman–Crippen LogP) is 4.05. The highest BCUT2D eigenvalue weighted by atomic mass is 35.5. The number of nitro benzene ring substituents is 1. The summed E-state index contributed by atoms with van der Waals surface area (Å²) in [6, 6.07) is 3.80. The number of rotatable bonds is 6. The molecule has 0 heterocycles. The Kier molecular flexibility index (Phi) is 5.41. The second-order valence-corrected chi connectivity index (χ2v) is 4.02. The maximum Gasteiger partial charge on any atom is 0.389 e. The molecule has 4 nitrogen and oxygen atoms in total. The number of ether oxygens (including phenoxy) is 1. The van der Waals surface area contributed by atoms with Crippen LogP contribution in [0.1, 0.15) is 18.4 Å². The van der Waals surface area contributed by atoms with Crippen LogP contribution in [0.25, 0.3) is 0 Å². The van der Waals surface area contributed by atoms with Crippen LogP contribution in [-0.4, -0.2) is 17.7 Å². The topological polar surface area (TPSA) is 52.4 Å². The molecule has 0 bridgehead atoms. The Morgan fingerprint density at radius 1 is 1.37 bits per heavy atom. The van der Waals surface area contributed by atoms with Crippen molar-refractivity contribution in [1.29, 1.82) is 0 Å². The summed E-state index contributed by atoms with van der Waals surface area (Å²) in [5.41, 5.74) is 0.237. The third kappa shape index (κ3) is 5.34. The van der Waals surface area contributed by atoms with Crippen LogP contribution in [0.4, 0.5) is 18.9 Å². The molecule has 0 amide bonds. The minimum Gasteiger partial charge on any atom is -0.493 e. The summed E-state index contributed by atoms with van der Waals surface area (Å²) >= 11 is 5.61. The number of benzene rings is 1. The highest BCUT2D eigenvalue weighted by molar-refractivity contribution is 6.17. The molecular weight excluding hydrogens is 287 g/mol. The third-order valence-electron chi connectivity index (χ3n) is 2.26. The van der Waals surface area contributed by atoms with E-state index in [9.17, 15) is 23.3 Å². The van der Waals surface area contributed by atoms with Gasteiger partial charge < -0.3 is 4.74 Å². The van der Waals surface area contributed by atoms with Gasteiger partial charge in [0.15, 0.2) is 0 Å². The molecular formula is C11H11ClF3NO3. The van der Waals surface area contributed by atoms with Crippen LogP contribution in [0, 0.1) is 10.1 Å². The first-order valence-electron chi connectivity index (χ1n) is 5.36. The molecule has 8 heteroatoms. The molecule has 0 aliphatic heterocycles. The second kappa shape index (κ2) is 6.60. The van der Waals surface area contributed by atoms with E-state index in [-0.39, 0.29) is 30.3 Å². The Bertz CT molecular complexity index is 451. The van der Waals surface area contributed by atoms with Crippen molar-refractivity contribution in [2.75, 3.05) is 6.61 Å². The lowest BCUT2D eigenvalue weighted by molar-refractivity contribution is -0.384. The molecule has 1 rings (SSSR count). The molecule has 0 radical (unpaired) electrons. The van der Waals surface area contributed by atoms with E-state index in [1.165, 1.54) is 18.2 Å². The van der Waals surface area contributed by atoms with Crippen molar-refractivity contribution in [3.63, 3.8) is 0 Å². The smallest absolute Gasteiger partial charge is 0.389 e. The van der Waals surface area contributed by atoms with Crippen molar-refractivity contribution in [2.45, 2.75) is 24.9 Å². The molecule has 0 saturated carbocycles. The van der Waals surface area contributed by atoms with Crippen LogP contribution in [0.15, 0.2) is 18.2 Å². The summed E-state index contributed by atoms with van der Waals surface area (Å²) < 4.78 is 40.9. The fraction of sp³-hybridized carbons (Fsp3) is 0.455. The number of nitrogens with zero attached hydrogens (tertiary/aromatic N) is 1. The predicted molar refractivity (Wildman–Crippen MR) is 63.4 cm³/mol. The van der Waals surface area contributed by atoms with Gasteiger partial charge in [-0.2, -0.15) is 13.2 Å². The Morgan fingerprint density at radius 3 is 2.58 bits per heavy atom. The molecule has 1 aromatic carbocycles. The van der Waals surface area contributed by atoms with E-state index in [2.05, 4.69) is 0 Å². The van der Waals surface area contributed by atoms with Crippen LogP contribution in [0.2, 0.25) is 0 Å². The zero-order valence-corrected chi connectivity index (χ0v) is 10.5. The van der Waals surface area contributed by atoms with Gasteiger partial charge in [0.2, 0.25) is 0 Å². The molecule has 0 spiro atoms. The van der Waals surface area contributed by atoms with Crippen LogP contribution in [0.3, 0.4) is 0 Å². The average Bonchev–Trinajstić information content (AvgIpc) is 2.33. The minimum absolute atomic E-state index is 0.0176. The number of halogens is 4. The van der Waals surface area contributed by atoms with E-state index in [1.807, 2.05) is 0 Å². The highest BCUT2D eigenvalue weighted by Gasteiger charge is 2.26. The van der Waals surface area contributed by atoms with Gasteiger partial charge in [-0.1, -0.05) is 0 Å². The molecule has 106 valence electrons. The lowest BCUT2D eigenvalue weighted by Crippen LogP contribution is -2.10. The maximum atomic E-state index is 11.9. The Balaban J connectivity index is 2.61. The standard InChI is InChI=1S/C11H11ClF3NO3/c12-7-8-6-9(16(17)18)2-3-10(8)19-5-1-4-11(13,14)15/h2-3,6H,1,4-5,7H2. The Morgan fingerprint density at radius 2 is 2.05 bits per heavy atom. The maximum absolute atomic E-state index is 11.9. The SMILES string of the molecule is O=[N+]([O-])c1ccc(OCCCC(F)(F)F)c(CCl)c1. The average molecular weight is 298 g/mol. The van der Waals surface area contributed by atoms with Crippen LogP contribution in [-0.2, 0) is 5.88 Å². The first-order valence-corrected chi connectivity index (χ1v) is 5.90. The van der Waals surface area contributed by atoms with Gasteiger partial charge in [0.25, 0.3) is 5.69 Å². The summed E-state index contributed by atoms with van der Waals surface area (Å²) in [6.45, 7) is -0.124. The van der Waals surface area contributed by atoms with E-state index < -0.39 is 17.5 Å². The van der Waals surface area contributed by atoms with Gasteiger partial charge in [0.05, 0.1) is 17.4 Å². The Labute approximate surface area is 112 Å². The molecule has 0 atom stereocenters. The zero-order chi connectivity index (χ0) is 14.5. The monoisotopic (exact) mass is 297 g/mol. The van der Waals surface area contributed by atoms with Crippen molar-refractivity contribution in [1.82, 2.24) is 0 Å². The fourth-order valence-electron chi connectivity index (χ4n) is 1.38. The van der Waals surface area contributed by atoms with Crippen molar-refractivity contribution >= 4 is 17.3 Å². The molecule has 19 heavy (non-hydrogen) atoms. The number of hydrogen-bond donors (Lipinski definition) is 0. The van der Waals surface area contributed by atoms with Gasteiger partial charge in [-0.05, 0) is 12.5 Å². The first kappa shape index (κ1) is 15.6. The van der Waals surface area contributed by atoms with Crippen molar-refractivity contribution in [3.05, 3.63) is 33.9 Å². The molecule has 0 fully saturated rings. The van der Waals surface area contributed by atoms with E-state index in [0.29, 0.717) is 5.56 Å². The zero-order valence-electron chi connectivity index (χ0n) is 9.74. The largest absolute Gasteiger partial charge is 0.493 e. The molecule has 0 unspecified atom stereocenters. The molecule has 0 aromatic heterocycles. The van der Waals surface area contributed by atoms with E-state index in [4.69, 9.17) is 16.3 Å². The first-order chi connectivity index (χ1) is 8.83. The van der Waals surface area contributed by atoms with Gasteiger partial charge in [0.1, 0.15) is 5.75 Å². The number of alkyl halides is 4. The third-order valence-corrected chi connectivity index (χ3v) is 2.55. The molecule has 0 aliphatic carbocycles.